The first-order valence-corrected chi connectivity index (χ1v) is 7.32. The van der Waals surface area contributed by atoms with Crippen LogP contribution in [0.25, 0.3) is 0 Å². The van der Waals surface area contributed by atoms with Gasteiger partial charge in [0.25, 0.3) is 0 Å². The Kier molecular flexibility index (Phi) is 5.30. The summed E-state index contributed by atoms with van der Waals surface area (Å²) >= 11 is 12.0. The van der Waals surface area contributed by atoms with E-state index in [-0.39, 0.29) is 6.04 Å². The summed E-state index contributed by atoms with van der Waals surface area (Å²) in [7, 11) is 0. The molecule has 20 heavy (non-hydrogen) atoms. The first-order valence-electron chi connectivity index (χ1n) is 6.56. The molecule has 2 nitrogen and oxygen atoms in total. The summed E-state index contributed by atoms with van der Waals surface area (Å²) in [6.45, 7) is 5.09. The van der Waals surface area contributed by atoms with Crippen molar-refractivity contribution in [2.45, 2.75) is 19.9 Å². The summed E-state index contributed by atoms with van der Waals surface area (Å²) < 4.78 is 5.93. The van der Waals surface area contributed by atoms with Crippen molar-refractivity contribution in [3.05, 3.63) is 58.1 Å². The van der Waals surface area contributed by atoms with Crippen molar-refractivity contribution in [2.75, 3.05) is 6.54 Å². The number of benzene rings is 2. The number of nitrogens with one attached hydrogen (secondary N) is 1. The molecule has 0 aromatic heterocycles. The van der Waals surface area contributed by atoms with E-state index in [9.17, 15) is 0 Å². The van der Waals surface area contributed by atoms with Crippen LogP contribution in [0.1, 0.15) is 25.5 Å². The van der Waals surface area contributed by atoms with Gasteiger partial charge in [-0.3, -0.25) is 0 Å². The maximum Gasteiger partial charge on any atom is 0.132 e. The molecule has 0 amide bonds. The largest absolute Gasteiger partial charge is 0.457 e. The van der Waals surface area contributed by atoms with Gasteiger partial charge in [-0.15, -0.1) is 0 Å². The monoisotopic (exact) mass is 309 g/mol. The lowest BCUT2D eigenvalue weighted by Gasteiger charge is -2.17. The predicted molar refractivity (Wildman–Crippen MR) is 85.1 cm³/mol. The van der Waals surface area contributed by atoms with Crippen LogP contribution in [0.15, 0.2) is 42.5 Å². The number of para-hydroxylation sites is 1. The highest BCUT2D eigenvalue weighted by Gasteiger charge is 2.11. The molecule has 2 aromatic rings. The Morgan fingerprint density at radius 1 is 1.10 bits per heavy atom. The quantitative estimate of drug-likeness (QED) is 0.792. The van der Waals surface area contributed by atoms with Crippen molar-refractivity contribution in [1.82, 2.24) is 5.32 Å². The average molecular weight is 310 g/mol. The molecule has 1 N–H and O–H groups in total. The van der Waals surface area contributed by atoms with E-state index >= 15 is 0 Å². The number of hydrogen-bond donors (Lipinski definition) is 1. The molecule has 106 valence electrons. The van der Waals surface area contributed by atoms with Gasteiger partial charge >= 0.3 is 0 Å². The van der Waals surface area contributed by atoms with Crippen LogP contribution in [-0.2, 0) is 0 Å². The molecule has 2 aromatic carbocycles. The molecule has 0 aliphatic carbocycles. The molecule has 0 aliphatic heterocycles. The van der Waals surface area contributed by atoms with E-state index in [1.165, 1.54) is 0 Å². The maximum atomic E-state index is 5.99. The summed E-state index contributed by atoms with van der Waals surface area (Å²) in [5.41, 5.74) is 1.10. The van der Waals surface area contributed by atoms with Crippen LogP contribution in [0.4, 0.5) is 0 Å². The molecule has 1 atom stereocenters. The van der Waals surface area contributed by atoms with Crippen LogP contribution < -0.4 is 10.1 Å². The van der Waals surface area contributed by atoms with Crippen molar-refractivity contribution in [2.24, 2.45) is 0 Å². The second-order valence-corrected chi connectivity index (χ2v) is 5.40. The van der Waals surface area contributed by atoms with Gasteiger partial charge in [0.2, 0.25) is 0 Å². The van der Waals surface area contributed by atoms with Crippen LogP contribution in [0, 0.1) is 0 Å². The van der Waals surface area contributed by atoms with Gasteiger partial charge in [-0.1, -0.05) is 48.3 Å². The maximum absolute atomic E-state index is 5.99. The van der Waals surface area contributed by atoms with Crippen molar-refractivity contribution in [3.63, 3.8) is 0 Å². The van der Waals surface area contributed by atoms with Gasteiger partial charge in [0.15, 0.2) is 0 Å². The van der Waals surface area contributed by atoms with E-state index in [0.717, 1.165) is 17.9 Å². The fourth-order valence-electron chi connectivity index (χ4n) is 2.06. The van der Waals surface area contributed by atoms with Crippen molar-refractivity contribution < 1.29 is 4.74 Å². The topological polar surface area (TPSA) is 21.3 Å². The number of halogens is 2. The van der Waals surface area contributed by atoms with E-state index in [0.29, 0.717) is 15.8 Å². The third kappa shape index (κ3) is 3.89. The van der Waals surface area contributed by atoms with E-state index < -0.39 is 0 Å². The Labute approximate surface area is 129 Å². The number of hydrogen-bond acceptors (Lipinski definition) is 2. The number of rotatable bonds is 5. The van der Waals surface area contributed by atoms with Crippen LogP contribution in [0.5, 0.6) is 11.5 Å². The SMILES string of the molecule is CCNC(C)c1ccccc1Oc1cc(Cl)cc(Cl)c1. The van der Waals surface area contributed by atoms with Crippen LogP contribution in [0.3, 0.4) is 0 Å². The van der Waals surface area contributed by atoms with Gasteiger partial charge in [-0.25, -0.2) is 0 Å². The molecule has 0 spiro atoms. The Bertz CT molecular complexity index is 566. The first-order chi connectivity index (χ1) is 9.60. The van der Waals surface area contributed by atoms with Crippen LogP contribution >= 0.6 is 23.2 Å². The van der Waals surface area contributed by atoms with E-state index in [4.69, 9.17) is 27.9 Å². The van der Waals surface area contributed by atoms with Gasteiger partial charge < -0.3 is 10.1 Å². The molecule has 0 saturated carbocycles. The Morgan fingerprint density at radius 2 is 1.75 bits per heavy atom. The fraction of sp³-hybridized carbons (Fsp3) is 0.250. The van der Waals surface area contributed by atoms with E-state index in [2.05, 4.69) is 25.2 Å². The lowest BCUT2D eigenvalue weighted by Crippen LogP contribution is -2.18. The van der Waals surface area contributed by atoms with Gasteiger partial charge in [-0.05, 0) is 37.7 Å². The molecule has 0 aliphatic rings. The smallest absolute Gasteiger partial charge is 0.132 e. The minimum absolute atomic E-state index is 0.214. The predicted octanol–water partition coefficient (Wildman–Crippen LogP) is 5.46. The molecule has 0 saturated heterocycles. The van der Waals surface area contributed by atoms with Crippen molar-refractivity contribution in [1.29, 1.82) is 0 Å². The second kappa shape index (κ2) is 6.98. The number of ether oxygens (including phenoxy) is 1. The molecule has 0 bridgehead atoms. The zero-order valence-electron chi connectivity index (χ0n) is 11.5. The van der Waals surface area contributed by atoms with Gasteiger partial charge in [0, 0.05) is 21.7 Å². The standard InChI is InChI=1S/C16H17Cl2NO/c1-3-19-11(2)15-6-4-5-7-16(15)20-14-9-12(17)8-13(18)10-14/h4-11,19H,3H2,1-2H3. The normalized spacial score (nSPS) is 12.2. The molecule has 0 heterocycles. The fourth-order valence-corrected chi connectivity index (χ4v) is 2.57. The summed E-state index contributed by atoms with van der Waals surface area (Å²) in [6, 6.07) is 13.3. The minimum atomic E-state index is 0.214. The third-order valence-corrected chi connectivity index (χ3v) is 3.40. The third-order valence-electron chi connectivity index (χ3n) is 2.96. The molecule has 4 heteroatoms. The molecule has 0 radical (unpaired) electrons. The van der Waals surface area contributed by atoms with Crippen LogP contribution in [-0.4, -0.2) is 6.54 Å². The van der Waals surface area contributed by atoms with Gasteiger partial charge in [0.1, 0.15) is 11.5 Å². The molecule has 1 unspecified atom stereocenters. The van der Waals surface area contributed by atoms with E-state index in [1.807, 2.05) is 18.2 Å². The highest BCUT2D eigenvalue weighted by atomic mass is 35.5. The Balaban J connectivity index is 2.29. The summed E-state index contributed by atoms with van der Waals surface area (Å²) in [5.74, 6) is 1.44. The zero-order chi connectivity index (χ0) is 14.5. The highest BCUT2D eigenvalue weighted by molar-refractivity contribution is 6.34. The second-order valence-electron chi connectivity index (χ2n) is 4.52. The summed E-state index contributed by atoms with van der Waals surface area (Å²) in [5, 5.41) is 4.50. The van der Waals surface area contributed by atoms with Crippen molar-refractivity contribution in [3.8, 4) is 11.5 Å². The van der Waals surface area contributed by atoms with Gasteiger partial charge in [0.05, 0.1) is 0 Å². The Morgan fingerprint density at radius 3 is 2.40 bits per heavy atom. The molecular formula is C16H17Cl2NO. The lowest BCUT2D eigenvalue weighted by molar-refractivity contribution is 0.463. The average Bonchev–Trinajstić information content (AvgIpc) is 2.38. The van der Waals surface area contributed by atoms with Crippen molar-refractivity contribution >= 4 is 23.2 Å². The van der Waals surface area contributed by atoms with Gasteiger partial charge in [-0.2, -0.15) is 0 Å². The molecular weight excluding hydrogens is 293 g/mol. The molecule has 0 fully saturated rings. The zero-order valence-corrected chi connectivity index (χ0v) is 13.0. The lowest BCUT2D eigenvalue weighted by atomic mass is 10.1. The summed E-state index contributed by atoms with van der Waals surface area (Å²) in [6.07, 6.45) is 0. The first kappa shape index (κ1) is 15.2. The minimum Gasteiger partial charge on any atom is -0.457 e. The van der Waals surface area contributed by atoms with E-state index in [1.54, 1.807) is 18.2 Å². The van der Waals surface area contributed by atoms with Crippen LogP contribution in [0.2, 0.25) is 10.0 Å². The Hall–Kier alpha value is -1.22. The highest BCUT2D eigenvalue weighted by Crippen LogP contribution is 2.32. The molecule has 2 rings (SSSR count). The summed E-state index contributed by atoms with van der Waals surface area (Å²) in [4.78, 5) is 0.